The number of hydrogen-bond donors (Lipinski definition) is 0. The molecule has 0 N–H and O–H groups in total. The molecule has 1 aromatic rings. The van der Waals surface area contributed by atoms with Crippen molar-refractivity contribution < 1.29 is 32.9 Å². The number of halogens is 1. The zero-order valence-electron chi connectivity index (χ0n) is 17.6. The Kier molecular flexibility index (Phi) is 9.04. The van der Waals surface area contributed by atoms with Crippen molar-refractivity contribution in [2.24, 2.45) is 5.92 Å². The Hall–Kier alpha value is -1.99. The van der Waals surface area contributed by atoms with Crippen molar-refractivity contribution in [2.45, 2.75) is 78.0 Å². The molecule has 1 saturated heterocycles. The van der Waals surface area contributed by atoms with Crippen LogP contribution in [-0.2, 0) is 35.0 Å². The summed E-state index contributed by atoms with van der Waals surface area (Å²) in [5.74, 6) is -1.30. The molecule has 7 heteroatoms. The lowest BCUT2D eigenvalue weighted by Gasteiger charge is -2.43. The Morgan fingerprint density at radius 1 is 1.03 bits per heavy atom. The molecule has 0 amide bonds. The fraction of sp³-hybridized carbons (Fsp3) is 0.636. The Balaban J connectivity index is 1.94. The normalized spacial score (nSPS) is 26.7. The molecular weight excluding hydrogens is 379 g/mol. The van der Waals surface area contributed by atoms with Gasteiger partial charge in [-0.1, -0.05) is 26.0 Å². The maximum atomic E-state index is 13.0. The van der Waals surface area contributed by atoms with Crippen LogP contribution in [0.3, 0.4) is 0 Å². The Morgan fingerprint density at radius 2 is 1.66 bits per heavy atom. The molecule has 5 atom stereocenters. The maximum absolute atomic E-state index is 13.0. The Labute approximate surface area is 171 Å². The molecular formula is C22H31FO6. The summed E-state index contributed by atoms with van der Waals surface area (Å²) >= 11 is 0. The van der Waals surface area contributed by atoms with Gasteiger partial charge in [0.1, 0.15) is 11.9 Å². The SMILES string of the molecule is CC[C@H]1O[C@@H](OCCCCc2ccc(F)cc2)[C@H](OC(C)=O)[C@@H](OC(C)=O)[C@@H]1C. The quantitative estimate of drug-likeness (QED) is 0.456. The summed E-state index contributed by atoms with van der Waals surface area (Å²) in [5, 5.41) is 0. The van der Waals surface area contributed by atoms with Gasteiger partial charge in [0.25, 0.3) is 0 Å². The number of aryl methyl sites for hydroxylation is 1. The minimum atomic E-state index is -0.814. The van der Waals surface area contributed by atoms with E-state index in [0.717, 1.165) is 31.2 Å². The van der Waals surface area contributed by atoms with Crippen LogP contribution >= 0.6 is 0 Å². The van der Waals surface area contributed by atoms with Crippen LogP contribution < -0.4 is 0 Å². The highest BCUT2D eigenvalue weighted by Gasteiger charge is 2.47. The van der Waals surface area contributed by atoms with Crippen molar-refractivity contribution in [3.05, 3.63) is 35.6 Å². The second-order valence-electron chi connectivity index (χ2n) is 7.41. The van der Waals surface area contributed by atoms with Gasteiger partial charge in [0.05, 0.1) is 6.10 Å². The van der Waals surface area contributed by atoms with E-state index in [0.29, 0.717) is 6.61 Å². The van der Waals surface area contributed by atoms with Crippen molar-refractivity contribution in [1.29, 1.82) is 0 Å². The maximum Gasteiger partial charge on any atom is 0.303 e. The van der Waals surface area contributed by atoms with E-state index in [1.54, 1.807) is 12.1 Å². The van der Waals surface area contributed by atoms with Crippen LogP contribution in [0.1, 0.15) is 52.5 Å². The molecule has 1 heterocycles. The Bertz CT molecular complexity index is 662. The fourth-order valence-corrected chi connectivity index (χ4v) is 3.60. The van der Waals surface area contributed by atoms with Crippen LogP contribution in [0.2, 0.25) is 0 Å². The van der Waals surface area contributed by atoms with Crippen LogP contribution in [0.15, 0.2) is 24.3 Å². The summed E-state index contributed by atoms with van der Waals surface area (Å²) in [6.07, 6.45) is 0.742. The molecule has 1 aliphatic heterocycles. The predicted octanol–water partition coefficient (Wildman–Crippen LogP) is 3.80. The highest BCUT2D eigenvalue weighted by molar-refractivity contribution is 5.67. The number of benzene rings is 1. The van der Waals surface area contributed by atoms with Gasteiger partial charge >= 0.3 is 11.9 Å². The van der Waals surface area contributed by atoms with Crippen LogP contribution in [0, 0.1) is 11.7 Å². The first-order valence-electron chi connectivity index (χ1n) is 10.2. The molecule has 2 rings (SSSR count). The second-order valence-corrected chi connectivity index (χ2v) is 7.41. The summed E-state index contributed by atoms with van der Waals surface area (Å²) in [7, 11) is 0. The van der Waals surface area contributed by atoms with E-state index in [2.05, 4.69) is 0 Å². The van der Waals surface area contributed by atoms with Crippen LogP contribution in [0.5, 0.6) is 0 Å². The predicted molar refractivity (Wildman–Crippen MR) is 105 cm³/mol. The van der Waals surface area contributed by atoms with E-state index in [4.69, 9.17) is 18.9 Å². The number of ether oxygens (including phenoxy) is 4. The molecule has 29 heavy (non-hydrogen) atoms. The first kappa shape index (κ1) is 23.3. The van der Waals surface area contributed by atoms with Crippen molar-refractivity contribution in [3.8, 4) is 0 Å². The monoisotopic (exact) mass is 410 g/mol. The van der Waals surface area contributed by atoms with Gasteiger partial charge in [-0.3, -0.25) is 9.59 Å². The van der Waals surface area contributed by atoms with Crippen LogP contribution in [-0.4, -0.2) is 43.1 Å². The zero-order chi connectivity index (χ0) is 21.4. The average molecular weight is 410 g/mol. The van der Waals surface area contributed by atoms with E-state index >= 15 is 0 Å². The number of carbonyl (C=O) groups is 2. The van der Waals surface area contributed by atoms with Crippen LogP contribution in [0.25, 0.3) is 0 Å². The van der Waals surface area contributed by atoms with Gasteiger partial charge in [-0.2, -0.15) is 0 Å². The third kappa shape index (κ3) is 7.08. The standard InChI is InChI=1S/C22H31FO6/c1-5-19-14(2)20(27-15(3)24)21(28-16(4)25)22(29-19)26-13-7-6-8-17-9-11-18(23)12-10-17/h9-12,14,19-22H,5-8,13H2,1-4H3/t14-,19-,20+,21-,22-/m1/s1. The summed E-state index contributed by atoms with van der Waals surface area (Å²) in [6.45, 7) is 6.94. The third-order valence-corrected chi connectivity index (χ3v) is 5.07. The number of unbranched alkanes of at least 4 members (excludes halogenated alkanes) is 1. The zero-order valence-corrected chi connectivity index (χ0v) is 17.6. The van der Waals surface area contributed by atoms with Gasteiger partial charge in [-0.15, -0.1) is 0 Å². The van der Waals surface area contributed by atoms with Crippen LogP contribution in [0.4, 0.5) is 4.39 Å². The van der Waals surface area contributed by atoms with Gasteiger partial charge in [0.2, 0.25) is 0 Å². The van der Waals surface area contributed by atoms with E-state index in [1.165, 1.54) is 26.0 Å². The first-order chi connectivity index (χ1) is 13.8. The lowest BCUT2D eigenvalue weighted by atomic mass is 9.89. The molecule has 0 bridgehead atoms. The average Bonchev–Trinajstić information content (AvgIpc) is 2.66. The lowest BCUT2D eigenvalue weighted by molar-refractivity contribution is -0.290. The number of carbonyl (C=O) groups excluding carboxylic acids is 2. The summed E-state index contributed by atoms with van der Waals surface area (Å²) in [5.41, 5.74) is 1.06. The molecule has 1 aromatic carbocycles. The highest BCUT2D eigenvalue weighted by atomic mass is 19.1. The third-order valence-electron chi connectivity index (χ3n) is 5.07. The molecule has 0 spiro atoms. The van der Waals surface area contributed by atoms with Gasteiger partial charge < -0.3 is 18.9 Å². The first-order valence-corrected chi connectivity index (χ1v) is 10.2. The minimum absolute atomic E-state index is 0.133. The Morgan fingerprint density at radius 3 is 2.24 bits per heavy atom. The van der Waals surface area contributed by atoms with Crippen molar-refractivity contribution in [2.75, 3.05) is 6.61 Å². The molecule has 162 valence electrons. The molecule has 0 aromatic heterocycles. The molecule has 6 nitrogen and oxygen atoms in total. The molecule has 1 aliphatic rings. The molecule has 0 saturated carbocycles. The van der Waals surface area contributed by atoms with E-state index in [-0.39, 0.29) is 17.8 Å². The molecule has 0 aliphatic carbocycles. The number of rotatable bonds is 9. The number of hydrogen-bond acceptors (Lipinski definition) is 6. The fourth-order valence-electron chi connectivity index (χ4n) is 3.60. The molecule has 0 unspecified atom stereocenters. The summed E-state index contributed by atoms with van der Waals surface area (Å²) in [6, 6.07) is 6.45. The summed E-state index contributed by atoms with van der Waals surface area (Å²) in [4.78, 5) is 23.2. The number of esters is 2. The minimum Gasteiger partial charge on any atom is -0.458 e. The van der Waals surface area contributed by atoms with Gasteiger partial charge in [0.15, 0.2) is 12.4 Å². The largest absolute Gasteiger partial charge is 0.458 e. The lowest BCUT2D eigenvalue weighted by Crippen LogP contribution is -2.57. The molecule has 0 radical (unpaired) electrons. The van der Waals surface area contributed by atoms with Crippen molar-refractivity contribution in [1.82, 2.24) is 0 Å². The highest BCUT2D eigenvalue weighted by Crippen LogP contribution is 2.32. The van der Waals surface area contributed by atoms with E-state index in [1.807, 2.05) is 13.8 Å². The van der Waals surface area contributed by atoms with Crippen molar-refractivity contribution in [3.63, 3.8) is 0 Å². The van der Waals surface area contributed by atoms with Crippen molar-refractivity contribution >= 4 is 11.9 Å². The smallest absolute Gasteiger partial charge is 0.303 e. The van der Waals surface area contributed by atoms with Gasteiger partial charge in [-0.05, 0) is 43.4 Å². The van der Waals surface area contributed by atoms with Gasteiger partial charge in [0, 0.05) is 26.4 Å². The summed E-state index contributed by atoms with van der Waals surface area (Å²) < 4.78 is 35.8. The van der Waals surface area contributed by atoms with E-state index in [9.17, 15) is 14.0 Å². The van der Waals surface area contributed by atoms with Gasteiger partial charge in [-0.25, -0.2) is 4.39 Å². The topological polar surface area (TPSA) is 71.1 Å². The van der Waals surface area contributed by atoms with E-state index < -0.39 is 30.4 Å². The molecule has 1 fully saturated rings. The second kappa shape index (κ2) is 11.3.